The van der Waals surface area contributed by atoms with Gasteiger partial charge < -0.3 is 15.7 Å². The van der Waals surface area contributed by atoms with Crippen LogP contribution in [0.25, 0.3) is 11.4 Å². The molecule has 3 rings (SSSR count). The highest BCUT2D eigenvalue weighted by Crippen LogP contribution is 2.23. The maximum Gasteiger partial charge on any atom is 0.225 e. The number of phenolic OH excluding ortho intramolecular Hbond substituents is 1. The zero-order valence-electron chi connectivity index (χ0n) is 13.6. The van der Waals surface area contributed by atoms with Gasteiger partial charge in [0.1, 0.15) is 11.6 Å². The molecule has 0 atom stereocenters. The minimum Gasteiger partial charge on any atom is -0.508 e. The summed E-state index contributed by atoms with van der Waals surface area (Å²) in [6.07, 6.45) is 1.74. The van der Waals surface area contributed by atoms with Crippen LogP contribution in [0.5, 0.6) is 5.75 Å². The van der Waals surface area contributed by atoms with E-state index in [1.54, 1.807) is 30.5 Å². The zero-order valence-corrected chi connectivity index (χ0v) is 13.6. The molecule has 0 fully saturated rings. The summed E-state index contributed by atoms with van der Waals surface area (Å²) in [5.41, 5.74) is 2.34. The van der Waals surface area contributed by atoms with Gasteiger partial charge in [-0.15, -0.1) is 0 Å². The van der Waals surface area contributed by atoms with E-state index >= 15 is 0 Å². The molecule has 0 bridgehead atoms. The standard InChI is InChI=1S/C18H19N5O/c1-12(2)20-18-22-16(15-5-3-4-10-19-15)11-17(23-18)21-13-6-8-14(24)9-7-13/h3-12,24H,1-2H3,(H2,20,21,22,23). The molecule has 0 amide bonds. The number of aromatic nitrogens is 3. The van der Waals surface area contributed by atoms with Crippen LogP contribution in [-0.2, 0) is 0 Å². The Kier molecular flexibility index (Phi) is 4.56. The van der Waals surface area contributed by atoms with Gasteiger partial charge in [0.25, 0.3) is 0 Å². The van der Waals surface area contributed by atoms with Gasteiger partial charge in [0.15, 0.2) is 0 Å². The third kappa shape index (κ3) is 3.98. The molecule has 122 valence electrons. The van der Waals surface area contributed by atoms with E-state index in [4.69, 9.17) is 0 Å². The smallest absolute Gasteiger partial charge is 0.225 e. The molecule has 0 aliphatic heterocycles. The first-order valence-corrected chi connectivity index (χ1v) is 7.73. The Labute approximate surface area is 140 Å². The molecule has 0 radical (unpaired) electrons. The second kappa shape index (κ2) is 6.95. The van der Waals surface area contributed by atoms with Gasteiger partial charge in [0.2, 0.25) is 5.95 Å². The van der Waals surface area contributed by atoms with E-state index in [2.05, 4.69) is 25.6 Å². The minimum atomic E-state index is 0.213. The van der Waals surface area contributed by atoms with Crippen molar-refractivity contribution >= 4 is 17.5 Å². The Morgan fingerprint density at radius 2 is 1.75 bits per heavy atom. The molecule has 2 aromatic heterocycles. The van der Waals surface area contributed by atoms with E-state index in [1.807, 2.05) is 38.1 Å². The van der Waals surface area contributed by atoms with Crippen LogP contribution >= 0.6 is 0 Å². The molecule has 6 heteroatoms. The van der Waals surface area contributed by atoms with Crippen LogP contribution in [0.15, 0.2) is 54.7 Å². The predicted molar refractivity (Wildman–Crippen MR) is 95.4 cm³/mol. The third-order valence-corrected chi connectivity index (χ3v) is 3.21. The largest absolute Gasteiger partial charge is 0.508 e. The normalized spacial score (nSPS) is 10.6. The highest BCUT2D eigenvalue weighted by Gasteiger charge is 2.09. The van der Waals surface area contributed by atoms with Crippen molar-refractivity contribution in [3.63, 3.8) is 0 Å². The second-order valence-corrected chi connectivity index (χ2v) is 5.65. The lowest BCUT2D eigenvalue weighted by Crippen LogP contribution is -2.13. The number of hydrogen-bond donors (Lipinski definition) is 3. The molecular formula is C18H19N5O. The summed E-state index contributed by atoms with van der Waals surface area (Å²) < 4.78 is 0. The van der Waals surface area contributed by atoms with Crippen molar-refractivity contribution in [1.29, 1.82) is 0 Å². The fourth-order valence-corrected chi connectivity index (χ4v) is 2.17. The number of phenols is 1. The topological polar surface area (TPSA) is 83.0 Å². The monoisotopic (exact) mass is 321 g/mol. The second-order valence-electron chi connectivity index (χ2n) is 5.65. The molecule has 0 saturated carbocycles. The van der Waals surface area contributed by atoms with Gasteiger partial charge in [0, 0.05) is 24.0 Å². The van der Waals surface area contributed by atoms with Crippen molar-refractivity contribution in [2.45, 2.75) is 19.9 Å². The number of hydrogen-bond acceptors (Lipinski definition) is 6. The van der Waals surface area contributed by atoms with E-state index < -0.39 is 0 Å². The van der Waals surface area contributed by atoms with Crippen LogP contribution < -0.4 is 10.6 Å². The first-order chi connectivity index (χ1) is 11.6. The first kappa shape index (κ1) is 15.7. The predicted octanol–water partition coefficient (Wildman–Crippen LogP) is 3.81. The number of pyridine rings is 1. The van der Waals surface area contributed by atoms with Gasteiger partial charge >= 0.3 is 0 Å². The Hall–Kier alpha value is -3.15. The highest BCUT2D eigenvalue weighted by molar-refractivity contribution is 5.65. The number of nitrogens with one attached hydrogen (secondary N) is 2. The summed E-state index contributed by atoms with van der Waals surface area (Å²) in [4.78, 5) is 13.4. The summed E-state index contributed by atoms with van der Waals surface area (Å²) in [5, 5.41) is 15.8. The minimum absolute atomic E-state index is 0.213. The fourth-order valence-electron chi connectivity index (χ4n) is 2.17. The van der Waals surface area contributed by atoms with Crippen LogP contribution in [0, 0.1) is 0 Å². The van der Waals surface area contributed by atoms with Crippen molar-refractivity contribution in [2.24, 2.45) is 0 Å². The molecule has 0 spiro atoms. The van der Waals surface area contributed by atoms with Crippen LogP contribution in [0.3, 0.4) is 0 Å². The maximum absolute atomic E-state index is 9.39. The number of anilines is 3. The first-order valence-electron chi connectivity index (χ1n) is 7.73. The summed E-state index contributed by atoms with van der Waals surface area (Å²) >= 11 is 0. The molecule has 0 aliphatic carbocycles. The molecule has 3 aromatic rings. The average molecular weight is 321 g/mol. The summed E-state index contributed by atoms with van der Waals surface area (Å²) in [7, 11) is 0. The van der Waals surface area contributed by atoms with E-state index in [0.29, 0.717) is 11.8 Å². The lowest BCUT2D eigenvalue weighted by Gasteiger charge is -2.13. The number of benzene rings is 1. The Balaban J connectivity index is 1.96. The van der Waals surface area contributed by atoms with Crippen LogP contribution in [-0.4, -0.2) is 26.1 Å². The van der Waals surface area contributed by atoms with Crippen molar-refractivity contribution in [1.82, 2.24) is 15.0 Å². The maximum atomic E-state index is 9.39. The molecule has 2 heterocycles. The van der Waals surface area contributed by atoms with Crippen molar-refractivity contribution in [3.05, 3.63) is 54.7 Å². The molecule has 3 N–H and O–H groups in total. The van der Waals surface area contributed by atoms with Gasteiger partial charge in [-0.1, -0.05) is 6.07 Å². The molecular weight excluding hydrogens is 302 g/mol. The number of aromatic hydroxyl groups is 1. The van der Waals surface area contributed by atoms with Gasteiger partial charge in [-0.25, -0.2) is 4.98 Å². The Morgan fingerprint density at radius 3 is 2.42 bits per heavy atom. The summed E-state index contributed by atoms with van der Waals surface area (Å²) in [6, 6.07) is 14.6. The van der Waals surface area contributed by atoms with Crippen LogP contribution in [0.1, 0.15) is 13.8 Å². The quantitative estimate of drug-likeness (QED) is 0.620. The zero-order chi connectivity index (χ0) is 16.9. The average Bonchev–Trinajstić information content (AvgIpc) is 2.57. The summed E-state index contributed by atoms with van der Waals surface area (Å²) in [5.74, 6) is 1.41. The molecule has 1 aromatic carbocycles. The molecule has 6 nitrogen and oxygen atoms in total. The molecule has 0 unspecified atom stereocenters. The highest BCUT2D eigenvalue weighted by atomic mass is 16.3. The third-order valence-electron chi connectivity index (χ3n) is 3.21. The van der Waals surface area contributed by atoms with Crippen molar-refractivity contribution in [3.8, 4) is 17.1 Å². The summed E-state index contributed by atoms with van der Waals surface area (Å²) in [6.45, 7) is 4.06. The van der Waals surface area contributed by atoms with Gasteiger partial charge in [0.05, 0.1) is 11.4 Å². The van der Waals surface area contributed by atoms with Crippen molar-refractivity contribution < 1.29 is 5.11 Å². The number of nitrogens with zero attached hydrogens (tertiary/aromatic N) is 3. The SMILES string of the molecule is CC(C)Nc1nc(Nc2ccc(O)cc2)cc(-c2ccccn2)n1. The van der Waals surface area contributed by atoms with Gasteiger partial charge in [-0.05, 0) is 50.2 Å². The molecule has 0 aliphatic rings. The fraction of sp³-hybridized carbons (Fsp3) is 0.167. The number of rotatable bonds is 5. The van der Waals surface area contributed by atoms with E-state index in [9.17, 15) is 5.11 Å². The van der Waals surface area contributed by atoms with E-state index in [1.165, 1.54) is 0 Å². The lowest BCUT2D eigenvalue weighted by atomic mass is 10.2. The van der Waals surface area contributed by atoms with Crippen LogP contribution in [0.4, 0.5) is 17.5 Å². The van der Waals surface area contributed by atoms with Crippen LogP contribution in [0.2, 0.25) is 0 Å². The Morgan fingerprint density at radius 1 is 0.958 bits per heavy atom. The van der Waals surface area contributed by atoms with Gasteiger partial charge in [-0.2, -0.15) is 4.98 Å². The molecule has 0 saturated heterocycles. The van der Waals surface area contributed by atoms with E-state index in [-0.39, 0.29) is 11.8 Å². The van der Waals surface area contributed by atoms with Crippen molar-refractivity contribution in [2.75, 3.05) is 10.6 Å². The molecule has 24 heavy (non-hydrogen) atoms. The Bertz CT molecular complexity index is 803. The lowest BCUT2D eigenvalue weighted by molar-refractivity contribution is 0.475. The van der Waals surface area contributed by atoms with Gasteiger partial charge in [-0.3, -0.25) is 4.98 Å². The van der Waals surface area contributed by atoms with E-state index in [0.717, 1.165) is 17.1 Å².